The summed E-state index contributed by atoms with van der Waals surface area (Å²) in [5.74, 6) is -4.28. The molecule has 3 atom stereocenters. The van der Waals surface area contributed by atoms with Crippen LogP contribution in [0.15, 0.2) is 24.3 Å². The predicted molar refractivity (Wildman–Crippen MR) is 160 cm³/mol. The minimum absolute atomic E-state index is 0.167. The van der Waals surface area contributed by atoms with E-state index in [2.05, 4.69) is 6.92 Å². The van der Waals surface area contributed by atoms with Gasteiger partial charge in [0.1, 0.15) is 6.10 Å². The second-order valence-electron chi connectivity index (χ2n) is 11.4. The number of hydrogen-bond acceptors (Lipinski definition) is 10. The number of hydrogen-bond donors (Lipinski definition) is 6. The SMILES string of the molecule is CCCCCC(O)C(O)c1ccc(CC2CN(CC(=O)O)CCN(CC(=O)O)CCN(CC(=O)O)CCN2CC(=O)O)cc1. The highest BCUT2D eigenvalue weighted by atomic mass is 16.4. The van der Waals surface area contributed by atoms with Gasteiger partial charge in [0.15, 0.2) is 0 Å². The Kier molecular flexibility index (Phi) is 16.2. The molecule has 1 fully saturated rings. The molecular formula is C30H48N4O10. The minimum Gasteiger partial charge on any atom is -0.480 e. The van der Waals surface area contributed by atoms with Gasteiger partial charge in [-0.05, 0) is 24.0 Å². The molecule has 3 unspecified atom stereocenters. The van der Waals surface area contributed by atoms with Gasteiger partial charge in [0.25, 0.3) is 0 Å². The van der Waals surface area contributed by atoms with Crippen molar-refractivity contribution in [2.24, 2.45) is 0 Å². The minimum atomic E-state index is -1.08. The number of aliphatic hydroxyl groups excluding tert-OH is 2. The zero-order chi connectivity index (χ0) is 32.6. The molecule has 14 nitrogen and oxygen atoms in total. The molecule has 0 saturated carbocycles. The summed E-state index contributed by atoms with van der Waals surface area (Å²) in [7, 11) is 0. The average molecular weight is 625 g/mol. The van der Waals surface area contributed by atoms with E-state index < -0.39 is 42.1 Å². The van der Waals surface area contributed by atoms with Crippen molar-refractivity contribution in [3.63, 3.8) is 0 Å². The molecule has 6 N–H and O–H groups in total. The van der Waals surface area contributed by atoms with Crippen LogP contribution >= 0.6 is 0 Å². The molecule has 1 aliphatic rings. The van der Waals surface area contributed by atoms with Gasteiger partial charge in [0, 0.05) is 51.9 Å². The Hall–Kier alpha value is -3.14. The maximum atomic E-state index is 11.9. The molecule has 1 aromatic rings. The molecule has 248 valence electrons. The fraction of sp³-hybridized carbons (Fsp3) is 0.667. The lowest BCUT2D eigenvalue weighted by atomic mass is 9.97. The Labute approximate surface area is 258 Å². The zero-order valence-electron chi connectivity index (χ0n) is 25.5. The maximum Gasteiger partial charge on any atom is 0.317 e. The topological polar surface area (TPSA) is 203 Å². The Bertz CT molecular complexity index is 1060. The van der Waals surface area contributed by atoms with Gasteiger partial charge < -0.3 is 30.6 Å². The Morgan fingerprint density at radius 2 is 1.18 bits per heavy atom. The molecule has 0 aliphatic carbocycles. The van der Waals surface area contributed by atoms with Crippen molar-refractivity contribution < 1.29 is 49.8 Å². The van der Waals surface area contributed by atoms with Crippen LogP contribution in [-0.4, -0.2) is 158 Å². The summed E-state index contributed by atoms with van der Waals surface area (Å²) in [6.45, 7) is 2.25. The van der Waals surface area contributed by atoms with Crippen molar-refractivity contribution in [1.82, 2.24) is 19.6 Å². The monoisotopic (exact) mass is 624 g/mol. The summed E-state index contributed by atoms with van der Waals surface area (Å²) < 4.78 is 0. The van der Waals surface area contributed by atoms with Crippen molar-refractivity contribution in [2.45, 2.75) is 57.3 Å². The maximum absolute atomic E-state index is 11.9. The highest BCUT2D eigenvalue weighted by Gasteiger charge is 2.28. The third-order valence-corrected chi connectivity index (χ3v) is 7.83. The molecule has 1 heterocycles. The summed E-state index contributed by atoms with van der Waals surface area (Å²) in [5, 5.41) is 59.2. The Morgan fingerprint density at radius 1 is 0.705 bits per heavy atom. The highest BCUT2D eigenvalue weighted by Crippen LogP contribution is 2.22. The fourth-order valence-electron chi connectivity index (χ4n) is 5.46. The van der Waals surface area contributed by atoms with Gasteiger partial charge in [0.05, 0.1) is 32.3 Å². The number of aliphatic hydroxyl groups is 2. The van der Waals surface area contributed by atoms with E-state index >= 15 is 0 Å². The van der Waals surface area contributed by atoms with Gasteiger partial charge in [-0.25, -0.2) is 0 Å². The number of aliphatic carboxylic acids is 4. The van der Waals surface area contributed by atoms with Crippen LogP contribution in [0.25, 0.3) is 0 Å². The number of carboxylic acid groups (broad SMARTS) is 4. The summed E-state index contributed by atoms with van der Waals surface area (Å²) >= 11 is 0. The number of rotatable bonds is 16. The largest absolute Gasteiger partial charge is 0.480 e. The van der Waals surface area contributed by atoms with Gasteiger partial charge in [-0.3, -0.25) is 38.8 Å². The van der Waals surface area contributed by atoms with Crippen molar-refractivity contribution in [2.75, 3.05) is 72.0 Å². The van der Waals surface area contributed by atoms with E-state index in [1.54, 1.807) is 43.9 Å². The standard InChI is InChI=1S/C30H48N4O10/c1-2-3-4-5-25(35)30(44)23-8-6-22(7-9-23)16-24-17-33(20-28(40)41)13-12-31(18-26(36)37)10-11-32(19-27(38)39)14-15-34(24)21-29(42)43/h6-9,24-25,30,35,44H,2-5,10-21H2,1H3,(H,36,37)(H,38,39)(H,40,41)(H,42,43). The molecule has 2 rings (SSSR count). The summed E-state index contributed by atoms with van der Waals surface area (Å²) in [5.41, 5.74) is 1.35. The molecule has 0 aromatic heterocycles. The van der Waals surface area contributed by atoms with Crippen LogP contribution in [0.1, 0.15) is 49.8 Å². The van der Waals surface area contributed by atoms with Crippen LogP contribution in [0.5, 0.6) is 0 Å². The van der Waals surface area contributed by atoms with E-state index in [-0.39, 0.29) is 72.0 Å². The molecule has 0 spiro atoms. The Morgan fingerprint density at radius 3 is 1.68 bits per heavy atom. The second-order valence-corrected chi connectivity index (χ2v) is 11.4. The van der Waals surface area contributed by atoms with Crippen molar-refractivity contribution in [1.29, 1.82) is 0 Å². The van der Waals surface area contributed by atoms with E-state index in [1.807, 2.05) is 0 Å². The lowest BCUT2D eigenvalue weighted by molar-refractivity contribution is -0.142. The normalized spacial score (nSPS) is 19.8. The van der Waals surface area contributed by atoms with Crippen LogP contribution in [0, 0.1) is 0 Å². The predicted octanol–water partition coefficient (Wildman–Crippen LogP) is 0.132. The summed E-state index contributed by atoms with van der Waals surface area (Å²) in [6.07, 6.45) is 1.62. The van der Waals surface area contributed by atoms with E-state index in [0.29, 0.717) is 18.4 Å². The molecular weight excluding hydrogens is 576 g/mol. The van der Waals surface area contributed by atoms with Crippen molar-refractivity contribution in [3.8, 4) is 0 Å². The van der Waals surface area contributed by atoms with E-state index in [4.69, 9.17) is 0 Å². The first-order chi connectivity index (χ1) is 20.9. The molecule has 44 heavy (non-hydrogen) atoms. The lowest BCUT2D eigenvalue weighted by Gasteiger charge is -2.37. The number of unbranched alkanes of at least 4 members (excludes halogenated alkanes) is 2. The molecule has 1 aliphatic heterocycles. The van der Waals surface area contributed by atoms with Crippen molar-refractivity contribution in [3.05, 3.63) is 35.4 Å². The van der Waals surface area contributed by atoms with Gasteiger partial charge in [0.2, 0.25) is 0 Å². The first-order valence-corrected chi connectivity index (χ1v) is 15.1. The smallest absolute Gasteiger partial charge is 0.317 e. The molecule has 0 bridgehead atoms. The van der Waals surface area contributed by atoms with Crippen LogP contribution in [0.2, 0.25) is 0 Å². The van der Waals surface area contributed by atoms with Gasteiger partial charge in [-0.2, -0.15) is 0 Å². The third kappa shape index (κ3) is 14.1. The number of carbonyl (C=O) groups is 4. The van der Waals surface area contributed by atoms with Crippen LogP contribution < -0.4 is 0 Å². The number of carboxylic acids is 4. The van der Waals surface area contributed by atoms with Crippen LogP contribution in [0.4, 0.5) is 0 Å². The molecule has 1 saturated heterocycles. The molecule has 0 amide bonds. The number of nitrogens with zero attached hydrogens (tertiary/aromatic N) is 4. The van der Waals surface area contributed by atoms with Gasteiger partial charge >= 0.3 is 23.9 Å². The van der Waals surface area contributed by atoms with Crippen LogP contribution in [-0.2, 0) is 25.6 Å². The van der Waals surface area contributed by atoms with Gasteiger partial charge in [-0.1, -0.05) is 50.5 Å². The first-order valence-electron chi connectivity index (χ1n) is 15.1. The molecule has 1 aromatic carbocycles. The van der Waals surface area contributed by atoms with E-state index in [0.717, 1.165) is 24.8 Å². The van der Waals surface area contributed by atoms with E-state index in [1.165, 1.54) is 0 Å². The van der Waals surface area contributed by atoms with E-state index in [9.17, 15) is 49.8 Å². The van der Waals surface area contributed by atoms with Gasteiger partial charge in [-0.15, -0.1) is 0 Å². The summed E-state index contributed by atoms with van der Waals surface area (Å²) in [4.78, 5) is 53.3. The summed E-state index contributed by atoms with van der Waals surface area (Å²) in [6, 6.07) is 6.53. The molecule has 14 heteroatoms. The quantitative estimate of drug-likeness (QED) is 0.135. The first kappa shape index (κ1) is 37.0. The zero-order valence-corrected chi connectivity index (χ0v) is 25.5. The second kappa shape index (κ2) is 19.3. The third-order valence-electron chi connectivity index (χ3n) is 7.83. The van der Waals surface area contributed by atoms with Crippen LogP contribution in [0.3, 0.4) is 0 Å². The average Bonchev–Trinajstić information content (AvgIpc) is 2.94. The highest BCUT2D eigenvalue weighted by molar-refractivity contribution is 5.70. The Balaban J connectivity index is 2.36. The fourth-order valence-corrected chi connectivity index (χ4v) is 5.46. The number of benzene rings is 1. The lowest BCUT2D eigenvalue weighted by Crippen LogP contribution is -2.53. The molecule has 0 radical (unpaired) electrons. The van der Waals surface area contributed by atoms with Crippen molar-refractivity contribution >= 4 is 23.9 Å².